The predicted molar refractivity (Wildman–Crippen MR) is 143 cm³/mol. The van der Waals surface area contributed by atoms with Gasteiger partial charge in [-0.1, -0.05) is 56.6 Å². The van der Waals surface area contributed by atoms with Crippen molar-refractivity contribution in [3.8, 4) is 0 Å². The minimum Gasteiger partial charge on any atom is -0.465 e. The molecule has 0 N–H and O–H groups in total. The SMILES string of the molecule is COC(=O)c1c(C)oc2ccc(N(C(=O)c3ccccc3Cl)S(=O)(=O)c3ccc(C(C)(C)C)cc3)cc12. The molecule has 0 unspecified atom stereocenters. The lowest BCUT2D eigenvalue weighted by Gasteiger charge is -2.24. The molecule has 0 saturated carbocycles. The average molecular weight is 540 g/mol. The molecule has 0 bridgehead atoms. The van der Waals surface area contributed by atoms with Crippen molar-refractivity contribution < 1.29 is 27.2 Å². The van der Waals surface area contributed by atoms with Crippen molar-refractivity contribution >= 4 is 50.2 Å². The van der Waals surface area contributed by atoms with E-state index in [1.54, 1.807) is 31.2 Å². The summed E-state index contributed by atoms with van der Waals surface area (Å²) in [4.78, 5) is 26.1. The summed E-state index contributed by atoms with van der Waals surface area (Å²) < 4.78 is 39.2. The van der Waals surface area contributed by atoms with E-state index in [9.17, 15) is 18.0 Å². The summed E-state index contributed by atoms with van der Waals surface area (Å²) in [5.74, 6) is -1.17. The number of hydrogen-bond donors (Lipinski definition) is 0. The fraction of sp³-hybridized carbons (Fsp3) is 0.214. The van der Waals surface area contributed by atoms with Crippen LogP contribution in [0.25, 0.3) is 11.0 Å². The number of furan rings is 1. The molecule has 1 aromatic heterocycles. The van der Waals surface area contributed by atoms with Gasteiger partial charge in [0.2, 0.25) is 0 Å². The molecule has 0 aliphatic carbocycles. The number of esters is 1. The normalized spacial score (nSPS) is 11.9. The number of methoxy groups -OCH3 is 1. The first-order valence-electron chi connectivity index (χ1n) is 11.4. The topological polar surface area (TPSA) is 93.9 Å². The van der Waals surface area contributed by atoms with E-state index in [2.05, 4.69) is 0 Å². The van der Waals surface area contributed by atoms with Gasteiger partial charge in [0.05, 0.1) is 28.3 Å². The van der Waals surface area contributed by atoms with E-state index in [1.807, 2.05) is 20.8 Å². The van der Waals surface area contributed by atoms with Gasteiger partial charge in [0.1, 0.15) is 16.9 Å². The van der Waals surface area contributed by atoms with Gasteiger partial charge < -0.3 is 9.15 Å². The number of carbonyl (C=O) groups is 2. The molecule has 1 amide bonds. The largest absolute Gasteiger partial charge is 0.465 e. The van der Waals surface area contributed by atoms with Gasteiger partial charge in [-0.2, -0.15) is 4.31 Å². The predicted octanol–water partition coefficient (Wildman–Crippen LogP) is 6.51. The van der Waals surface area contributed by atoms with Crippen LogP contribution in [0.3, 0.4) is 0 Å². The Balaban J connectivity index is 1.94. The number of aryl methyl sites for hydroxylation is 1. The Hall–Kier alpha value is -3.62. The molecular formula is C28H26ClNO6S. The number of halogens is 1. The summed E-state index contributed by atoms with van der Waals surface area (Å²) in [6.45, 7) is 7.66. The molecule has 0 fully saturated rings. The highest BCUT2D eigenvalue weighted by Gasteiger charge is 2.34. The maximum atomic E-state index is 14.0. The van der Waals surface area contributed by atoms with E-state index in [1.165, 1.54) is 49.6 Å². The molecule has 4 rings (SSSR count). The molecule has 1 heterocycles. The Morgan fingerprint density at radius 1 is 0.973 bits per heavy atom. The van der Waals surface area contributed by atoms with Crippen molar-refractivity contribution in [2.75, 3.05) is 11.4 Å². The molecule has 7 nitrogen and oxygen atoms in total. The average Bonchev–Trinajstić information content (AvgIpc) is 3.18. The standard InChI is InChI=1S/C28H26ClNO6S/c1-17-25(27(32)35-5)22-16-19(12-15-24(22)36-17)30(26(31)21-8-6-7-9-23(21)29)37(33,34)20-13-10-18(11-14-20)28(2,3)4/h6-16H,1-5H3. The number of benzene rings is 3. The lowest BCUT2D eigenvalue weighted by molar-refractivity contribution is 0.0600. The van der Waals surface area contributed by atoms with Crippen LogP contribution in [0, 0.1) is 6.92 Å². The number of nitrogens with zero attached hydrogens (tertiary/aromatic N) is 1. The first-order valence-corrected chi connectivity index (χ1v) is 13.2. The zero-order valence-electron chi connectivity index (χ0n) is 21.0. The van der Waals surface area contributed by atoms with E-state index >= 15 is 0 Å². The van der Waals surface area contributed by atoms with E-state index < -0.39 is 21.9 Å². The van der Waals surface area contributed by atoms with E-state index in [4.69, 9.17) is 20.8 Å². The van der Waals surface area contributed by atoms with Crippen molar-refractivity contribution in [3.63, 3.8) is 0 Å². The van der Waals surface area contributed by atoms with Crippen LogP contribution in [0.1, 0.15) is 52.8 Å². The van der Waals surface area contributed by atoms with Gasteiger partial charge in [-0.15, -0.1) is 0 Å². The van der Waals surface area contributed by atoms with Crippen LogP contribution in [-0.2, 0) is 20.2 Å². The number of sulfonamides is 1. The Labute approximate surface area is 220 Å². The van der Waals surface area contributed by atoms with Crippen LogP contribution < -0.4 is 4.31 Å². The van der Waals surface area contributed by atoms with Crippen LogP contribution in [0.4, 0.5) is 5.69 Å². The fourth-order valence-corrected chi connectivity index (χ4v) is 5.65. The molecular weight excluding hydrogens is 514 g/mol. The van der Waals surface area contributed by atoms with Gasteiger partial charge in [-0.3, -0.25) is 4.79 Å². The maximum absolute atomic E-state index is 14.0. The number of amides is 1. The molecule has 192 valence electrons. The third-order valence-corrected chi connectivity index (χ3v) is 8.07. The molecule has 3 aromatic carbocycles. The Morgan fingerprint density at radius 2 is 1.62 bits per heavy atom. The fourth-order valence-electron chi connectivity index (χ4n) is 4.03. The second kappa shape index (κ2) is 9.68. The van der Waals surface area contributed by atoms with Gasteiger partial charge in [0.15, 0.2) is 0 Å². The number of hydrogen-bond acceptors (Lipinski definition) is 6. The smallest absolute Gasteiger partial charge is 0.342 e. The van der Waals surface area contributed by atoms with Crippen molar-refractivity contribution in [2.45, 2.75) is 38.0 Å². The van der Waals surface area contributed by atoms with Gasteiger partial charge in [-0.25, -0.2) is 13.2 Å². The molecule has 9 heteroatoms. The zero-order valence-corrected chi connectivity index (χ0v) is 22.6. The first-order chi connectivity index (χ1) is 17.4. The lowest BCUT2D eigenvalue weighted by atomic mass is 9.87. The number of ether oxygens (including phenoxy) is 1. The lowest BCUT2D eigenvalue weighted by Crippen LogP contribution is -2.37. The minimum absolute atomic E-state index is 0.00992. The highest BCUT2D eigenvalue weighted by Crippen LogP contribution is 2.34. The van der Waals surface area contributed by atoms with Gasteiger partial charge in [0, 0.05) is 5.39 Å². The highest BCUT2D eigenvalue weighted by atomic mass is 35.5. The molecule has 0 saturated heterocycles. The third kappa shape index (κ3) is 4.86. The van der Waals surface area contributed by atoms with Crippen LogP contribution in [0.15, 0.2) is 76.0 Å². The zero-order chi connectivity index (χ0) is 27.1. The van der Waals surface area contributed by atoms with Gasteiger partial charge in [0.25, 0.3) is 15.9 Å². The summed E-state index contributed by atoms with van der Waals surface area (Å²) in [5, 5.41) is 0.420. The monoisotopic (exact) mass is 539 g/mol. The van der Waals surface area contributed by atoms with Crippen molar-refractivity contribution in [1.82, 2.24) is 0 Å². The van der Waals surface area contributed by atoms with E-state index in [0.29, 0.717) is 21.0 Å². The minimum atomic E-state index is -4.40. The second-order valence-corrected chi connectivity index (χ2v) is 11.7. The number of rotatable bonds is 5. The number of anilines is 1. The molecule has 0 aliphatic heterocycles. The molecule has 0 radical (unpaired) electrons. The Morgan fingerprint density at radius 3 is 2.22 bits per heavy atom. The first kappa shape index (κ1) is 26.4. The van der Waals surface area contributed by atoms with Crippen LogP contribution >= 0.6 is 11.6 Å². The Bertz CT molecular complexity index is 1610. The summed E-state index contributed by atoms with van der Waals surface area (Å²) in [6.07, 6.45) is 0. The molecule has 0 atom stereocenters. The highest BCUT2D eigenvalue weighted by molar-refractivity contribution is 7.93. The Kier molecular flexibility index (Phi) is 6.92. The van der Waals surface area contributed by atoms with Crippen molar-refractivity contribution in [2.24, 2.45) is 0 Å². The molecule has 37 heavy (non-hydrogen) atoms. The molecule has 0 aliphatic rings. The molecule has 0 spiro atoms. The van der Waals surface area contributed by atoms with Gasteiger partial charge in [-0.05, 0) is 60.4 Å². The summed E-state index contributed by atoms with van der Waals surface area (Å²) in [7, 11) is -3.16. The van der Waals surface area contributed by atoms with Crippen LogP contribution in [0.2, 0.25) is 5.02 Å². The van der Waals surface area contributed by atoms with Crippen molar-refractivity contribution in [3.05, 3.63) is 94.2 Å². The second-order valence-electron chi connectivity index (χ2n) is 9.53. The van der Waals surface area contributed by atoms with E-state index in [-0.39, 0.29) is 32.1 Å². The van der Waals surface area contributed by atoms with Crippen LogP contribution in [-0.4, -0.2) is 27.4 Å². The summed E-state index contributed by atoms with van der Waals surface area (Å²) >= 11 is 6.28. The number of fused-ring (bicyclic) bond motifs is 1. The van der Waals surface area contributed by atoms with E-state index in [0.717, 1.165) is 5.56 Å². The third-order valence-electron chi connectivity index (χ3n) is 6.02. The summed E-state index contributed by atoms with van der Waals surface area (Å²) in [5.41, 5.74) is 1.27. The number of carbonyl (C=O) groups excluding carboxylic acids is 2. The molecule has 4 aromatic rings. The van der Waals surface area contributed by atoms with Crippen LogP contribution in [0.5, 0.6) is 0 Å². The van der Waals surface area contributed by atoms with Gasteiger partial charge >= 0.3 is 5.97 Å². The van der Waals surface area contributed by atoms with Crippen molar-refractivity contribution in [1.29, 1.82) is 0 Å². The maximum Gasteiger partial charge on any atom is 0.342 e. The summed E-state index contributed by atoms with van der Waals surface area (Å²) in [6, 6.07) is 17.0. The quantitative estimate of drug-likeness (QED) is 0.268.